The van der Waals surface area contributed by atoms with Crippen molar-refractivity contribution in [2.24, 2.45) is 0 Å². The van der Waals surface area contributed by atoms with Crippen molar-refractivity contribution in [3.63, 3.8) is 0 Å². The molecule has 2 atom stereocenters. The van der Waals surface area contributed by atoms with E-state index in [4.69, 9.17) is 4.74 Å². The highest BCUT2D eigenvalue weighted by atomic mass is 32.2. The van der Waals surface area contributed by atoms with E-state index in [1.165, 1.54) is 0 Å². The number of hydrogen-bond donors (Lipinski definition) is 0. The lowest BCUT2D eigenvalue weighted by Crippen LogP contribution is -2.47. The topological polar surface area (TPSA) is 63.7 Å². The zero-order valence-electron chi connectivity index (χ0n) is 16.3. The van der Waals surface area contributed by atoms with Crippen molar-refractivity contribution in [3.8, 4) is 0 Å². The molecule has 2 saturated heterocycles. The van der Waals surface area contributed by atoms with E-state index in [1.807, 2.05) is 49.4 Å². The van der Waals surface area contributed by atoms with Crippen LogP contribution in [0.2, 0.25) is 0 Å². The summed E-state index contributed by atoms with van der Waals surface area (Å²) in [6, 6.07) is 16.5. The van der Waals surface area contributed by atoms with Gasteiger partial charge in [0.1, 0.15) is 10.9 Å². The quantitative estimate of drug-likeness (QED) is 0.539. The fourth-order valence-corrected chi connectivity index (χ4v) is 5.69. The molecule has 0 bridgehead atoms. The van der Waals surface area contributed by atoms with Crippen molar-refractivity contribution in [1.29, 1.82) is 0 Å². The van der Waals surface area contributed by atoms with Crippen molar-refractivity contribution in [2.75, 3.05) is 12.4 Å². The second-order valence-corrected chi connectivity index (χ2v) is 8.62. The number of hydrogen-bond acceptors (Lipinski definition) is 5. The minimum Gasteiger partial charge on any atom is -0.456 e. The first-order valence-corrected chi connectivity index (χ1v) is 10.8. The molecule has 2 heterocycles. The van der Waals surface area contributed by atoms with Gasteiger partial charge in [0, 0.05) is 17.7 Å². The number of ketones is 1. The minimum absolute atomic E-state index is 0.0396. The largest absolute Gasteiger partial charge is 0.456 e. The summed E-state index contributed by atoms with van der Waals surface area (Å²) in [6.07, 6.45) is 1.98. The van der Waals surface area contributed by atoms with E-state index >= 15 is 0 Å². The Kier molecular flexibility index (Phi) is 5.46. The number of Topliss-reactive ketones (excluding diaryl/α,β-unsaturated/α-hetero) is 1. The predicted octanol–water partition coefficient (Wildman–Crippen LogP) is 3.57. The molecular weight excluding hydrogens is 386 g/mol. The molecule has 0 unspecified atom stereocenters. The van der Waals surface area contributed by atoms with Crippen LogP contribution in [0.5, 0.6) is 0 Å². The maximum absolute atomic E-state index is 12.8. The Balaban J connectivity index is 1.45. The van der Waals surface area contributed by atoms with E-state index in [2.05, 4.69) is 0 Å². The summed E-state index contributed by atoms with van der Waals surface area (Å²) < 4.78 is 5.34. The van der Waals surface area contributed by atoms with Gasteiger partial charge in [0.05, 0.1) is 0 Å². The van der Waals surface area contributed by atoms with Gasteiger partial charge in [-0.15, -0.1) is 11.8 Å². The zero-order chi connectivity index (χ0) is 20.4. The van der Waals surface area contributed by atoms with Gasteiger partial charge >= 0.3 is 5.97 Å². The summed E-state index contributed by atoms with van der Waals surface area (Å²) >= 11 is 1.61. The minimum atomic E-state index is -0.662. The van der Waals surface area contributed by atoms with Crippen molar-refractivity contribution in [3.05, 3.63) is 71.3 Å². The summed E-state index contributed by atoms with van der Waals surface area (Å²) in [5.41, 5.74) is 2.69. The normalized spacial score (nSPS) is 23.1. The number of benzene rings is 2. The van der Waals surface area contributed by atoms with Gasteiger partial charge in [-0.05, 0) is 24.0 Å². The van der Waals surface area contributed by atoms with Crippen LogP contribution in [-0.2, 0) is 25.6 Å². The van der Waals surface area contributed by atoms with E-state index in [-0.39, 0.29) is 18.3 Å². The van der Waals surface area contributed by atoms with Crippen LogP contribution in [-0.4, -0.2) is 41.0 Å². The Bertz CT molecular complexity index is 928. The summed E-state index contributed by atoms with van der Waals surface area (Å²) in [6.45, 7) is 1.74. The number of thioether (sulfide) groups is 1. The number of fused-ring (bicyclic) bond motifs is 1. The van der Waals surface area contributed by atoms with E-state index in [1.54, 1.807) is 28.8 Å². The van der Waals surface area contributed by atoms with Gasteiger partial charge in [0.2, 0.25) is 5.91 Å². The summed E-state index contributed by atoms with van der Waals surface area (Å²) in [7, 11) is 0. The molecule has 0 radical (unpaired) electrons. The SMILES string of the molecule is CCc1ccc(C(=O)COC(=O)[C@@H]2CS[C@]3(c4ccccc4)CCC(=O)N23)cc1. The molecule has 2 aromatic carbocycles. The maximum Gasteiger partial charge on any atom is 0.330 e. The fraction of sp³-hybridized carbons (Fsp3) is 0.348. The van der Waals surface area contributed by atoms with E-state index in [0.29, 0.717) is 24.2 Å². The second-order valence-electron chi connectivity index (χ2n) is 7.32. The number of rotatable bonds is 6. The van der Waals surface area contributed by atoms with Crippen LogP contribution >= 0.6 is 11.8 Å². The monoisotopic (exact) mass is 409 g/mol. The number of ether oxygens (including phenoxy) is 1. The van der Waals surface area contributed by atoms with Crippen LogP contribution in [0.4, 0.5) is 0 Å². The van der Waals surface area contributed by atoms with Gasteiger partial charge in [0.15, 0.2) is 12.4 Å². The van der Waals surface area contributed by atoms with Gasteiger partial charge in [-0.3, -0.25) is 9.59 Å². The Morgan fingerprint density at radius 2 is 1.86 bits per heavy atom. The maximum atomic E-state index is 12.8. The zero-order valence-corrected chi connectivity index (χ0v) is 17.1. The van der Waals surface area contributed by atoms with Gasteiger partial charge < -0.3 is 9.64 Å². The van der Waals surface area contributed by atoms with Crippen molar-refractivity contribution in [1.82, 2.24) is 4.90 Å². The first kappa shape index (κ1) is 19.7. The van der Waals surface area contributed by atoms with Crippen LogP contribution in [0.1, 0.15) is 41.3 Å². The Labute approximate surface area is 174 Å². The highest BCUT2D eigenvalue weighted by Crippen LogP contribution is 2.54. The Morgan fingerprint density at radius 1 is 1.14 bits per heavy atom. The number of carbonyl (C=O) groups excluding carboxylic acids is 3. The molecule has 6 heteroatoms. The van der Waals surface area contributed by atoms with Crippen LogP contribution < -0.4 is 0 Å². The lowest BCUT2D eigenvalue weighted by atomic mass is 10.0. The lowest BCUT2D eigenvalue weighted by molar-refractivity contribution is -0.152. The molecule has 0 saturated carbocycles. The van der Waals surface area contributed by atoms with Crippen LogP contribution in [0.3, 0.4) is 0 Å². The van der Waals surface area contributed by atoms with Gasteiger partial charge in [-0.25, -0.2) is 4.79 Å². The van der Waals surface area contributed by atoms with E-state index in [0.717, 1.165) is 17.5 Å². The molecule has 0 aliphatic carbocycles. The average molecular weight is 410 g/mol. The van der Waals surface area contributed by atoms with Crippen LogP contribution in [0.25, 0.3) is 0 Å². The molecule has 0 spiro atoms. The molecule has 29 heavy (non-hydrogen) atoms. The molecule has 150 valence electrons. The van der Waals surface area contributed by atoms with Crippen LogP contribution in [0, 0.1) is 0 Å². The van der Waals surface area contributed by atoms with Gasteiger partial charge in [-0.2, -0.15) is 0 Å². The third-order valence-electron chi connectivity index (χ3n) is 5.65. The second kappa shape index (κ2) is 8.03. The number of aryl methyl sites for hydroxylation is 1. The number of esters is 1. The third-order valence-corrected chi connectivity index (χ3v) is 7.25. The molecule has 2 aliphatic heterocycles. The average Bonchev–Trinajstić information content (AvgIpc) is 3.32. The predicted molar refractivity (Wildman–Crippen MR) is 112 cm³/mol. The Morgan fingerprint density at radius 3 is 2.55 bits per heavy atom. The number of nitrogens with zero attached hydrogens (tertiary/aromatic N) is 1. The summed E-state index contributed by atoms with van der Waals surface area (Å²) in [4.78, 5) is 38.9. The molecule has 1 amide bonds. The van der Waals surface area contributed by atoms with Crippen molar-refractivity contribution in [2.45, 2.75) is 37.1 Å². The highest BCUT2D eigenvalue weighted by Gasteiger charge is 2.57. The molecular formula is C23H23NO4S. The lowest BCUT2D eigenvalue weighted by Gasteiger charge is -2.33. The summed E-state index contributed by atoms with van der Waals surface area (Å²) in [5.74, 6) is -0.320. The molecule has 2 fully saturated rings. The summed E-state index contributed by atoms with van der Waals surface area (Å²) in [5, 5.41) is 0. The molecule has 5 nitrogen and oxygen atoms in total. The van der Waals surface area contributed by atoms with E-state index < -0.39 is 16.9 Å². The van der Waals surface area contributed by atoms with Gasteiger partial charge in [-0.1, -0.05) is 61.5 Å². The smallest absolute Gasteiger partial charge is 0.330 e. The first-order valence-electron chi connectivity index (χ1n) is 9.85. The van der Waals surface area contributed by atoms with E-state index in [9.17, 15) is 14.4 Å². The van der Waals surface area contributed by atoms with Crippen molar-refractivity contribution >= 4 is 29.4 Å². The Hall–Kier alpha value is -2.60. The highest BCUT2D eigenvalue weighted by molar-refractivity contribution is 8.00. The molecule has 2 aromatic rings. The third kappa shape index (κ3) is 3.57. The fourth-order valence-electron chi connectivity index (χ4n) is 4.06. The molecule has 2 aliphatic rings. The standard InChI is InChI=1S/C23H23NO4S/c1-2-16-8-10-17(11-9-16)20(25)14-28-22(27)19-15-29-23(13-12-21(26)24(19)23)18-6-4-3-5-7-18/h3-11,19H,2,12-15H2,1H3/t19-,23-/m0/s1. The van der Waals surface area contributed by atoms with Crippen LogP contribution in [0.15, 0.2) is 54.6 Å². The first-order chi connectivity index (χ1) is 14.0. The number of carbonyl (C=O) groups is 3. The number of amides is 1. The molecule has 4 rings (SSSR count). The molecule has 0 aromatic heterocycles. The van der Waals surface area contributed by atoms with Gasteiger partial charge in [0.25, 0.3) is 0 Å². The molecule has 0 N–H and O–H groups in total. The van der Waals surface area contributed by atoms with Crippen molar-refractivity contribution < 1.29 is 19.1 Å².